The largest absolute Gasteiger partial charge is 0.484 e. The Kier molecular flexibility index (Phi) is 4.94. The van der Waals surface area contributed by atoms with Crippen LogP contribution in [0.5, 0.6) is 5.75 Å². The number of fused-ring (bicyclic) bond motifs is 1. The number of nitrogens with one attached hydrogen (secondary N) is 1. The van der Waals surface area contributed by atoms with Crippen LogP contribution < -0.4 is 15.0 Å². The number of hydrogen-bond acceptors (Lipinski definition) is 4. The first-order chi connectivity index (χ1) is 13.7. The van der Waals surface area contributed by atoms with Crippen LogP contribution in [-0.4, -0.2) is 19.1 Å². The molecular weight excluding hydrogens is 350 g/mol. The molecule has 5 nitrogen and oxygen atoms in total. The Balaban J connectivity index is 1.45. The highest BCUT2D eigenvalue weighted by atomic mass is 16.5. The first-order valence-corrected chi connectivity index (χ1v) is 9.12. The summed E-state index contributed by atoms with van der Waals surface area (Å²) in [5.74, 6) is 0.320. The summed E-state index contributed by atoms with van der Waals surface area (Å²) in [6.07, 6.45) is 0.986. The minimum atomic E-state index is -0.232. The molecular formula is C23H19N3O2. The van der Waals surface area contributed by atoms with Crippen LogP contribution in [0.25, 0.3) is 0 Å². The van der Waals surface area contributed by atoms with Gasteiger partial charge in [0.2, 0.25) is 0 Å². The van der Waals surface area contributed by atoms with Crippen molar-refractivity contribution in [3.8, 4) is 11.8 Å². The number of carbonyl (C=O) groups is 1. The number of nitriles is 1. The van der Waals surface area contributed by atoms with E-state index in [-0.39, 0.29) is 12.5 Å². The van der Waals surface area contributed by atoms with E-state index in [1.807, 2.05) is 30.3 Å². The van der Waals surface area contributed by atoms with Crippen molar-refractivity contribution < 1.29 is 9.53 Å². The summed E-state index contributed by atoms with van der Waals surface area (Å²) in [7, 11) is 0. The molecule has 0 aromatic heterocycles. The molecule has 4 rings (SSSR count). The highest BCUT2D eigenvalue weighted by molar-refractivity contribution is 5.96. The quantitative estimate of drug-likeness (QED) is 0.729. The molecule has 1 amide bonds. The molecule has 0 saturated carbocycles. The molecule has 1 heterocycles. The highest BCUT2D eigenvalue weighted by Crippen LogP contribution is 2.38. The molecule has 0 unspecified atom stereocenters. The topological polar surface area (TPSA) is 65.4 Å². The van der Waals surface area contributed by atoms with Gasteiger partial charge in [-0.3, -0.25) is 4.79 Å². The molecule has 28 heavy (non-hydrogen) atoms. The monoisotopic (exact) mass is 369 g/mol. The molecule has 0 saturated heterocycles. The minimum absolute atomic E-state index is 0.100. The summed E-state index contributed by atoms with van der Waals surface area (Å²) in [5.41, 5.74) is 4.77. The van der Waals surface area contributed by atoms with E-state index < -0.39 is 0 Å². The van der Waals surface area contributed by atoms with Gasteiger partial charge in [0.25, 0.3) is 5.91 Å². The second-order valence-electron chi connectivity index (χ2n) is 6.52. The predicted octanol–water partition coefficient (Wildman–Crippen LogP) is 4.27. The number of amides is 1. The number of anilines is 3. The lowest BCUT2D eigenvalue weighted by Gasteiger charge is -2.23. The fourth-order valence-electron chi connectivity index (χ4n) is 3.36. The van der Waals surface area contributed by atoms with Crippen LogP contribution in [0.15, 0.2) is 72.8 Å². The average Bonchev–Trinajstić information content (AvgIpc) is 3.17. The molecule has 5 heteroatoms. The van der Waals surface area contributed by atoms with Crippen molar-refractivity contribution in [3.05, 3.63) is 83.9 Å². The standard InChI is InChI=1S/C23H19N3O2/c24-15-17-9-11-19(12-10-17)28-16-23(27)25-20-6-2-4-8-22(20)26-14-13-18-5-1-3-7-21(18)26/h1-12H,13-14,16H2,(H,25,27). The molecule has 0 aliphatic carbocycles. The van der Waals surface area contributed by atoms with Gasteiger partial charge < -0.3 is 15.0 Å². The number of rotatable bonds is 5. The predicted molar refractivity (Wildman–Crippen MR) is 109 cm³/mol. The van der Waals surface area contributed by atoms with Crippen LogP contribution in [0, 0.1) is 11.3 Å². The van der Waals surface area contributed by atoms with Gasteiger partial charge in [0, 0.05) is 12.2 Å². The number of carbonyl (C=O) groups excluding carboxylic acids is 1. The SMILES string of the molecule is N#Cc1ccc(OCC(=O)Nc2ccccc2N2CCc3ccccc32)cc1. The average molecular weight is 369 g/mol. The van der Waals surface area contributed by atoms with Crippen LogP contribution in [0.1, 0.15) is 11.1 Å². The molecule has 1 N–H and O–H groups in total. The van der Waals surface area contributed by atoms with Gasteiger partial charge in [0.05, 0.1) is 23.0 Å². The van der Waals surface area contributed by atoms with Gasteiger partial charge in [0.1, 0.15) is 5.75 Å². The van der Waals surface area contributed by atoms with Gasteiger partial charge in [0.15, 0.2) is 6.61 Å². The second kappa shape index (κ2) is 7.85. The van der Waals surface area contributed by atoms with Gasteiger partial charge >= 0.3 is 0 Å². The molecule has 3 aromatic carbocycles. The van der Waals surface area contributed by atoms with E-state index in [0.717, 1.165) is 24.3 Å². The zero-order valence-corrected chi connectivity index (χ0v) is 15.3. The van der Waals surface area contributed by atoms with Gasteiger partial charge in [-0.2, -0.15) is 5.26 Å². The Hall–Kier alpha value is -3.78. The van der Waals surface area contributed by atoms with Gasteiger partial charge in [-0.05, 0) is 54.4 Å². The fraction of sp³-hybridized carbons (Fsp3) is 0.130. The zero-order chi connectivity index (χ0) is 19.3. The van der Waals surface area contributed by atoms with Crippen molar-refractivity contribution in [1.82, 2.24) is 0 Å². The third kappa shape index (κ3) is 3.67. The number of hydrogen-bond donors (Lipinski definition) is 1. The van der Waals surface area contributed by atoms with Crippen molar-refractivity contribution in [1.29, 1.82) is 5.26 Å². The molecule has 0 bridgehead atoms. The zero-order valence-electron chi connectivity index (χ0n) is 15.3. The van der Waals surface area contributed by atoms with E-state index in [1.54, 1.807) is 24.3 Å². The van der Waals surface area contributed by atoms with Crippen LogP contribution in [0.2, 0.25) is 0 Å². The molecule has 0 atom stereocenters. The number of nitrogens with zero attached hydrogens (tertiary/aromatic N) is 2. The summed E-state index contributed by atoms with van der Waals surface area (Å²) in [4.78, 5) is 14.6. The fourth-order valence-corrected chi connectivity index (χ4v) is 3.36. The third-order valence-electron chi connectivity index (χ3n) is 4.71. The van der Waals surface area contributed by atoms with Gasteiger partial charge in [-0.15, -0.1) is 0 Å². The maximum absolute atomic E-state index is 12.4. The van der Waals surface area contributed by atoms with Crippen LogP contribution in [0.3, 0.4) is 0 Å². The Morgan fingerprint density at radius 1 is 1.00 bits per heavy atom. The Morgan fingerprint density at radius 3 is 2.50 bits per heavy atom. The van der Waals surface area contributed by atoms with E-state index in [9.17, 15) is 4.79 Å². The molecule has 138 valence electrons. The molecule has 0 spiro atoms. The van der Waals surface area contributed by atoms with Crippen molar-refractivity contribution in [2.75, 3.05) is 23.4 Å². The Morgan fingerprint density at radius 2 is 1.71 bits per heavy atom. The summed E-state index contributed by atoms with van der Waals surface area (Å²) in [6.45, 7) is 0.783. The Labute approximate surface area is 163 Å². The molecule has 0 radical (unpaired) electrons. The molecule has 1 aliphatic heterocycles. The number of ether oxygens (including phenoxy) is 1. The van der Waals surface area contributed by atoms with Crippen molar-refractivity contribution in [3.63, 3.8) is 0 Å². The smallest absolute Gasteiger partial charge is 0.262 e. The highest BCUT2D eigenvalue weighted by Gasteiger charge is 2.22. The summed E-state index contributed by atoms with van der Waals surface area (Å²) in [5, 5.41) is 11.8. The lowest BCUT2D eigenvalue weighted by molar-refractivity contribution is -0.118. The normalized spacial score (nSPS) is 12.2. The first-order valence-electron chi connectivity index (χ1n) is 9.12. The van der Waals surface area contributed by atoms with Crippen molar-refractivity contribution >= 4 is 23.0 Å². The van der Waals surface area contributed by atoms with Crippen LogP contribution >= 0.6 is 0 Å². The van der Waals surface area contributed by atoms with Crippen LogP contribution in [-0.2, 0) is 11.2 Å². The lowest BCUT2D eigenvalue weighted by atomic mass is 10.2. The molecule has 1 aliphatic rings. The van der Waals surface area contributed by atoms with Gasteiger partial charge in [-0.1, -0.05) is 30.3 Å². The first kappa shape index (κ1) is 17.6. The summed E-state index contributed by atoms with van der Waals surface area (Å²) in [6, 6.07) is 24.9. The Bertz CT molecular complexity index is 1040. The van der Waals surface area contributed by atoms with Crippen molar-refractivity contribution in [2.45, 2.75) is 6.42 Å². The summed E-state index contributed by atoms with van der Waals surface area (Å²) >= 11 is 0. The van der Waals surface area contributed by atoms with Crippen molar-refractivity contribution in [2.24, 2.45) is 0 Å². The molecule has 3 aromatic rings. The van der Waals surface area contributed by atoms with E-state index in [2.05, 4.69) is 34.5 Å². The lowest BCUT2D eigenvalue weighted by Crippen LogP contribution is -2.22. The van der Waals surface area contributed by atoms with Crippen LogP contribution in [0.4, 0.5) is 17.1 Å². The van der Waals surface area contributed by atoms with E-state index in [0.29, 0.717) is 11.3 Å². The maximum atomic E-state index is 12.4. The third-order valence-corrected chi connectivity index (χ3v) is 4.71. The van der Waals surface area contributed by atoms with E-state index in [1.165, 1.54) is 11.3 Å². The number of para-hydroxylation sites is 3. The maximum Gasteiger partial charge on any atom is 0.262 e. The minimum Gasteiger partial charge on any atom is -0.484 e. The second-order valence-corrected chi connectivity index (χ2v) is 6.52. The molecule has 0 fully saturated rings. The summed E-state index contributed by atoms with van der Waals surface area (Å²) < 4.78 is 5.53. The van der Waals surface area contributed by atoms with E-state index in [4.69, 9.17) is 10.00 Å². The number of benzene rings is 3. The van der Waals surface area contributed by atoms with Gasteiger partial charge in [-0.25, -0.2) is 0 Å². The van der Waals surface area contributed by atoms with E-state index >= 15 is 0 Å².